The van der Waals surface area contributed by atoms with E-state index in [1.165, 1.54) is 6.07 Å². The molecule has 0 fully saturated rings. The predicted molar refractivity (Wildman–Crippen MR) is 82.2 cm³/mol. The first-order chi connectivity index (χ1) is 11.2. The molecule has 2 aromatic carbocycles. The van der Waals surface area contributed by atoms with E-state index in [2.05, 4.69) is 11.2 Å². The molecule has 5 heteroatoms. The summed E-state index contributed by atoms with van der Waals surface area (Å²) in [5, 5.41) is 13.5. The molecule has 23 heavy (non-hydrogen) atoms. The Kier molecular flexibility index (Phi) is 3.09. The van der Waals surface area contributed by atoms with Crippen molar-refractivity contribution < 1.29 is 9.13 Å². The van der Waals surface area contributed by atoms with Crippen LogP contribution in [0.1, 0.15) is 16.8 Å². The standard InChI is InChI=1S/C18H12FN3O/c19-16-4-2-1-3-15(16)17-8-14-11-23-18-6-5-12(9-20)7-13(18)10-22(14)21-17/h1-8H,10-11H2. The normalized spacial score (nSPS) is 12.5. The molecular weight excluding hydrogens is 293 g/mol. The molecular formula is C18H12FN3O. The summed E-state index contributed by atoms with van der Waals surface area (Å²) >= 11 is 0. The number of benzene rings is 2. The zero-order valence-electron chi connectivity index (χ0n) is 12.2. The topological polar surface area (TPSA) is 50.8 Å². The Morgan fingerprint density at radius 3 is 2.87 bits per heavy atom. The van der Waals surface area contributed by atoms with E-state index in [-0.39, 0.29) is 5.82 Å². The van der Waals surface area contributed by atoms with E-state index < -0.39 is 0 Å². The number of fused-ring (bicyclic) bond motifs is 2. The molecule has 0 saturated carbocycles. The number of nitrogens with zero attached hydrogens (tertiary/aromatic N) is 3. The number of hydrogen-bond donors (Lipinski definition) is 0. The van der Waals surface area contributed by atoms with E-state index in [1.54, 1.807) is 41.1 Å². The van der Waals surface area contributed by atoms with E-state index in [1.807, 2.05) is 6.07 Å². The largest absolute Gasteiger partial charge is 0.487 e. The molecule has 2 heterocycles. The predicted octanol–water partition coefficient (Wildman–Crippen LogP) is 3.50. The smallest absolute Gasteiger partial charge is 0.132 e. The van der Waals surface area contributed by atoms with Crippen LogP contribution in [0.2, 0.25) is 0 Å². The van der Waals surface area contributed by atoms with Crippen molar-refractivity contribution in [2.24, 2.45) is 0 Å². The minimum absolute atomic E-state index is 0.297. The first-order valence-corrected chi connectivity index (χ1v) is 7.22. The van der Waals surface area contributed by atoms with Crippen LogP contribution in [0.25, 0.3) is 11.3 Å². The number of hydrogen-bond acceptors (Lipinski definition) is 3. The van der Waals surface area contributed by atoms with E-state index in [4.69, 9.17) is 10.00 Å². The van der Waals surface area contributed by atoms with Crippen LogP contribution in [-0.2, 0) is 13.2 Å². The van der Waals surface area contributed by atoms with Crippen LogP contribution in [0.15, 0.2) is 48.5 Å². The second-order valence-electron chi connectivity index (χ2n) is 5.38. The highest BCUT2D eigenvalue weighted by atomic mass is 19.1. The lowest BCUT2D eigenvalue weighted by atomic mass is 10.1. The third kappa shape index (κ3) is 2.34. The average Bonchev–Trinajstić information content (AvgIpc) is 2.88. The third-order valence-corrected chi connectivity index (χ3v) is 3.90. The molecule has 0 bridgehead atoms. The minimum atomic E-state index is -0.297. The van der Waals surface area contributed by atoms with Gasteiger partial charge in [0.1, 0.15) is 18.2 Å². The molecule has 0 aliphatic carbocycles. The highest BCUT2D eigenvalue weighted by molar-refractivity contribution is 5.60. The van der Waals surface area contributed by atoms with Crippen molar-refractivity contribution in [2.75, 3.05) is 0 Å². The Balaban J connectivity index is 1.76. The van der Waals surface area contributed by atoms with Crippen molar-refractivity contribution in [2.45, 2.75) is 13.2 Å². The maximum atomic E-state index is 13.9. The molecule has 3 aromatic rings. The summed E-state index contributed by atoms with van der Waals surface area (Å²) < 4.78 is 21.5. The average molecular weight is 305 g/mol. The lowest BCUT2D eigenvalue weighted by Crippen LogP contribution is -2.04. The Labute approximate surface area is 132 Å². The summed E-state index contributed by atoms with van der Waals surface area (Å²) in [5.41, 5.74) is 3.40. The first-order valence-electron chi connectivity index (χ1n) is 7.22. The Hall–Kier alpha value is -3.13. The monoisotopic (exact) mass is 305 g/mol. The van der Waals surface area contributed by atoms with Gasteiger partial charge in [-0.05, 0) is 36.4 Å². The molecule has 4 nitrogen and oxygen atoms in total. The fourth-order valence-electron chi connectivity index (χ4n) is 2.74. The molecule has 0 amide bonds. The Morgan fingerprint density at radius 1 is 1.17 bits per heavy atom. The summed E-state index contributed by atoms with van der Waals surface area (Å²) in [4.78, 5) is 0. The number of halogens is 1. The lowest BCUT2D eigenvalue weighted by molar-refractivity contribution is 0.301. The van der Waals surface area contributed by atoms with Gasteiger partial charge in [0.15, 0.2) is 0 Å². The van der Waals surface area contributed by atoms with Gasteiger partial charge in [0.05, 0.1) is 29.6 Å². The van der Waals surface area contributed by atoms with Crippen LogP contribution in [0.4, 0.5) is 4.39 Å². The van der Waals surface area contributed by atoms with E-state index in [9.17, 15) is 4.39 Å². The number of aromatic nitrogens is 2. The molecule has 1 aromatic heterocycles. The van der Waals surface area contributed by atoms with Crippen molar-refractivity contribution in [3.05, 3.63) is 71.2 Å². The van der Waals surface area contributed by atoms with Gasteiger partial charge in [0.2, 0.25) is 0 Å². The molecule has 112 valence electrons. The van der Waals surface area contributed by atoms with Crippen molar-refractivity contribution in [1.29, 1.82) is 5.26 Å². The summed E-state index contributed by atoms with van der Waals surface area (Å²) in [6, 6.07) is 15.9. The quantitative estimate of drug-likeness (QED) is 0.691. The fourth-order valence-corrected chi connectivity index (χ4v) is 2.74. The summed E-state index contributed by atoms with van der Waals surface area (Å²) in [7, 11) is 0. The molecule has 1 aliphatic heterocycles. The second-order valence-corrected chi connectivity index (χ2v) is 5.38. The van der Waals surface area contributed by atoms with E-state index in [0.717, 1.165) is 17.0 Å². The van der Waals surface area contributed by atoms with Gasteiger partial charge in [-0.2, -0.15) is 10.4 Å². The third-order valence-electron chi connectivity index (χ3n) is 3.90. The van der Waals surface area contributed by atoms with Crippen LogP contribution in [-0.4, -0.2) is 9.78 Å². The molecule has 0 saturated heterocycles. The second kappa shape index (κ2) is 5.25. The lowest BCUT2D eigenvalue weighted by Gasteiger charge is -2.06. The number of rotatable bonds is 1. The van der Waals surface area contributed by atoms with Gasteiger partial charge < -0.3 is 4.74 Å². The zero-order valence-corrected chi connectivity index (χ0v) is 12.2. The van der Waals surface area contributed by atoms with E-state index in [0.29, 0.717) is 30.0 Å². The van der Waals surface area contributed by atoms with Gasteiger partial charge in [0, 0.05) is 11.1 Å². The molecule has 0 unspecified atom stereocenters. The highest BCUT2D eigenvalue weighted by Crippen LogP contribution is 2.28. The first kappa shape index (κ1) is 13.5. The number of nitriles is 1. The molecule has 0 radical (unpaired) electrons. The van der Waals surface area contributed by atoms with Crippen molar-refractivity contribution in [3.63, 3.8) is 0 Å². The van der Waals surface area contributed by atoms with Crippen molar-refractivity contribution >= 4 is 0 Å². The van der Waals surface area contributed by atoms with Crippen LogP contribution in [0.5, 0.6) is 5.75 Å². The Bertz CT molecular complexity index is 940. The fraction of sp³-hybridized carbons (Fsp3) is 0.111. The summed E-state index contributed by atoms with van der Waals surface area (Å²) in [6.07, 6.45) is 0. The molecule has 0 spiro atoms. The van der Waals surface area contributed by atoms with Crippen LogP contribution in [0, 0.1) is 17.1 Å². The molecule has 0 N–H and O–H groups in total. The maximum Gasteiger partial charge on any atom is 0.132 e. The van der Waals surface area contributed by atoms with Crippen LogP contribution < -0.4 is 4.74 Å². The zero-order chi connectivity index (χ0) is 15.8. The highest BCUT2D eigenvalue weighted by Gasteiger charge is 2.18. The van der Waals surface area contributed by atoms with Gasteiger partial charge in [0.25, 0.3) is 0 Å². The van der Waals surface area contributed by atoms with Crippen LogP contribution in [0.3, 0.4) is 0 Å². The number of ether oxygens (including phenoxy) is 1. The molecule has 1 aliphatic rings. The maximum absolute atomic E-state index is 13.9. The van der Waals surface area contributed by atoms with Gasteiger partial charge in [-0.1, -0.05) is 12.1 Å². The summed E-state index contributed by atoms with van der Waals surface area (Å²) in [5.74, 6) is 0.454. The Morgan fingerprint density at radius 2 is 2.04 bits per heavy atom. The van der Waals surface area contributed by atoms with Gasteiger partial charge in [-0.25, -0.2) is 4.39 Å². The van der Waals surface area contributed by atoms with E-state index >= 15 is 0 Å². The molecule has 0 atom stereocenters. The van der Waals surface area contributed by atoms with Gasteiger partial charge in [-0.15, -0.1) is 0 Å². The summed E-state index contributed by atoms with van der Waals surface area (Å²) in [6.45, 7) is 0.856. The SMILES string of the molecule is N#Cc1ccc2c(c1)Cn1nc(-c3ccccc3F)cc1CO2. The minimum Gasteiger partial charge on any atom is -0.487 e. The molecule has 4 rings (SSSR count). The van der Waals surface area contributed by atoms with Crippen molar-refractivity contribution in [1.82, 2.24) is 9.78 Å². The van der Waals surface area contributed by atoms with Crippen LogP contribution >= 0.6 is 0 Å². The van der Waals surface area contributed by atoms with Crippen molar-refractivity contribution in [3.8, 4) is 23.1 Å². The van der Waals surface area contributed by atoms with Gasteiger partial charge in [-0.3, -0.25) is 4.68 Å². The van der Waals surface area contributed by atoms with Gasteiger partial charge >= 0.3 is 0 Å².